The molecule has 6 nitrogen and oxygen atoms in total. The number of allylic oxidation sites excluding steroid dienone is 2. The van der Waals surface area contributed by atoms with Gasteiger partial charge >= 0.3 is 0 Å². The van der Waals surface area contributed by atoms with Gasteiger partial charge in [-0.05, 0) is 50.5 Å². The molecule has 6 heteroatoms. The van der Waals surface area contributed by atoms with E-state index in [1.807, 2.05) is 19.9 Å². The Kier molecular flexibility index (Phi) is 3.23. The fourth-order valence-electron chi connectivity index (χ4n) is 8.81. The molecular formula is C24H30O6. The molecule has 4 saturated carbocycles. The topological polar surface area (TPSA) is 93.1 Å². The number of rotatable bonds is 2. The Hall–Kier alpha value is -1.34. The van der Waals surface area contributed by atoms with Crippen molar-refractivity contribution >= 4 is 11.6 Å². The monoisotopic (exact) mass is 414 g/mol. The average Bonchev–Trinajstić information content (AvgIpc) is 2.63. The number of aliphatic hydroxyl groups is 2. The van der Waals surface area contributed by atoms with E-state index in [9.17, 15) is 19.8 Å². The van der Waals surface area contributed by atoms with Crippen LogP contribution in [0.3, 0.4) is 0 Å². The van der Waals surface area contributed by atoms with Crippen LogP contribution >= 0.6 is 0 Å². The summed E-state index contributed by atoms with van der Waals surface area (Å²) >= 11 is 0. The zero-order valence-electron chi connectivity index (χ0n) is 18.0. The number of aliphatic hydroxyl groups excluding tert-OH is 1. The van der Waals surface area contributed by atoms with Gasteiger partial charge in [-0.25, -0.2) is 0 Å². The second-order valence-corrected chi connectivity index (χ2v) is 11.5. The second-order valence-electron chi connectivity index (χ2n) is 11.5. The largest absolute Gasteiger partial charge is 0.387 e. The Morgan fingerprint density at radius 2 is 1.97 bits per heavy atom. The third-order valence-corrected chi connectivity index (χ3v) is 9.61. The van der Waals surface area contributed by atoms with Crippen molar-refractivity contribution in [3.05, 3.63) is 24.3 Å². The van der Waals surface area contributed by atoms with Gasteiger partial charge in [0.2, 0.25) is 5.79 Å². The first-order chi connectivity index (χ1) is 13.9. The van der Waals surface area contributed by atoms with Crippen LogP contribution < -0.4 is 0 Å². The summed E-state index contributed by atoms with van der Waals surface area (Å²) in [5.74, 6) is -3.82. The third-order valence-electron chi connectivity index (χ3n) is 9.61. The van der Waals surface area contributed by atoms with Gasteiger partial charge in [0.1, 0.15) is 6.10 Å². The Labute approximate surface area is 176 Å². The molecule has 162 valence electrons. The van der Waals surface area contributed by atoms with E-state index in [-0.39, 0.29) is 41.8 Å². The predicted molar refractivity (Wildman–Crippen MR) is 106 cm³/mol. The zero-order valence-corrected chi connectivity index (χ0v) is 18.0. The molecular weight excluding hydrogens is 384 g/mol. The molecule has 2 saturated heterocycles. The van der Waals surface area contributed by atoms with E-state index >= 15 is 0 Å². The van der Waals surface area contributed by atoms with Crippen molar-refractivity contribution in [2.24, 2.45) is 45.8 Å². The number of hydrogen-bond acceptors (Lipinski definition) is 6. The minimum Gasteiger partial charge on any atom is -0.387 e. The van der Waals surface area contributed by atoms with Crippen molar-refractivity contribution in [2.45, 2.75) is 58.2 Å². The second kappa shape index (κ2) is 5.01. The van der Waals surface area contributed by atoms with Crippen LogP contribution in [0.1, 0.15) is 40.5 Å². The molecule has 2 spiro atoms. The predicted octanol–water partition coefficient (Wildman–Crippen LogP) is 2.00. The van der Waals surface area contributed by atoms with Gasteiger partial charge in [0.25, 0.3) is 0 Å². The summed E-state index contributed by atoms with van der Waals surface area (Å²) in [5, 5.41) is 22.6. The van der Waals surface area contributed by atoms with Crippen molar-refractivity contribution in [2.75, 3.05) is 6.61 Å². The standard InChI is InChI=1S/C24H30O6/c1-11-12-6-7-13-22-9-8-14(25)20(2,3)17(22)19(27)24(29-10-22,30-21(4,5)28)23(13)16(12)15(11)18(23)26/h8-9,12-13,15-17,19,27-28H,1,6-7,10H2,2-5H3/t12-,13-,15?,16-,17+,19-,22+,23+,24-/m0/s1. The molecule has 7 aliphatic rings. The van der Waals surface area contributed by atoms with Crippen LogP contribution in [0.5, 0.6) is 0 Å². The van der Waals surface area contributed by atoms with Crippen molar-refractivity contribution in [3.63, 3.8) is 0 Å². The van der Waals surface area contributed by atoms with E-state index in [4.69, 9.17) is 9.47 Å². The Morgan fingerprint density at radius 3 is 2.63 bits per heavy atom. The molecule has 30 heavy (non-hydrogen) atoms. The van der Waals surface area contributed by atoms with E-state index < -0.39 is 39.8 Å². The van der Waals surface area contributed by atoms with Gasteiger partial charge in [0.05, 0.1) is 12.0 Å². The van der Waals surface area contributed by atoms with E-state index in [1.165, 1.54) is 13.8 Å². The Bertz CT molecular complexity index is 942. The fraction of sp³-hybridized carbons (Fsp3) is 0.750. The molecule has 5 aliphatic carbocycles. The molecule has 2 heterocycles. The maximum Gasteiger partial charge on any atom is 0.211 e. The molecule has 0 radical (unpaired) electrons. The summed E-state index contributed by atoms with van der Waals surface area (Å²) in [4.78, 5) is 26.7. The number of fused-ring (bicyclic) bond motifs is 1. The maximum absolute atomic E-state index is 13.8. The molecule has 0 aromatic heterocycles. The molecule has 2 bridgehead atoms. The number of carbonyl (C=O) groups excluding carboxylic acids is 2. The number of hydrogen-bond donors (Lipinski definition) is 2. The van der Waals surface area contributed by atoms with E-state index in [2.05, 4.69) is 6.58 Å². The van der Waals surface area contributed by atoms with Crippen LogP contribution in [0.25, 0.3) is 0 Å². The minimum absolute atomic E-state index is 0.0144. The number of Topliss-reactive ketones (excluding diaryl/α,β-unsaturated/α-hetero) is 1. The van der Waals surface area contributed by atoms with Gasteiger partial charge in [-0.3, -0.25) is 9.59 Å². The maximum atomic E-state index is 13.8. The first kappa shape index (κ1) is 19.4. The lowest BCUT2D eigenvalue weighted by molar-refractivity contribution is -0.492. The lowest BCUT2D eigenvalue weighted by Crippen LogP contribution is -2.91. The van der Waals surface area contributed by atoms with Crippen LogP contribution in [-0.4, -0.2) is 46.1 Å². The summed E-state index contributed by atoms with van der Waals surface area (Å²) in [5.41, 5.74) is -1.46. The molecule has 2 aliphatic heterocycles. The molecule has 9 atom stereocenters. The van der Waals surface area contributed by atoms with Crippen LogP contribution in [0.2, 0.25) is 0 Å². The quantitative estimate of drug-likeness (QED) is 0.530. The normalized spacial score (nSPS) is 54.7. The van der Waals surface area contributed by atoms with E-state index in [0.29, 0.717) is 0 Å². The fourth-order valence-corrected chi connectivity index (χ4v) is 8.81. The Balaban J connectivity index is 1.63. The molecule has 0 aromatic rings. The van der Waals surface area contributed by atoms with Gasteiger partial charge < -0.3 is 19.7 Å². The zero-order chi connectivity index (χ0) is 21.6. The number of carbonyl (C=O) groups is 2. The van der Waals surface area contributed by atoms with Crippen LogP contribution in [0.4, 0.5) is 0 Å². The summed E-state index contributed by atoms with van der Waals surface area (Å²) in [6.45, 7) is 11.2. The highest BCUT2D eigenvalue weighted by molar-refractivity contribution is 6.02. The van der Waals surface area contributed by atoms with E-state index in [1.54, 1.807) is 6.08 Å². The van der Waals surface area contributed by atoms with Crippen LogP contribution in [0.15, 0.2) is 24.3 Å². The molecule has 6 fully saturated rings. The van der Waals surface area contributed by atoms with Gasteiger partial charge in [0.15, 0.2) is 17.4 Å². The van der Waals surface area contributed by atoms with Gasteiger partial charge in [-0.2, -0.15) is 0 Å². The third kappa shape index (κ3) is 1.63. The van der Waals surface area contributed by atoms with Crippen molar-refractivity contribution in [1.82, 2.24) is 0 Å². The average molecular weight is 414 g/mol. The van der Waals surface area contributed by atoms with Gasteiger partial charge in [0, 0.05) is 22.7 Å². The van der Waals surface area contributed by atoms with Gasteiger partial charge in [-0.15, -0.1) is 0 Å². The summed E-state index contributed by atoms with van der Waals surface area (Å²) in [7, 11) is 0. The molecule has 2 N–H and O–H groups in total. The van der Waals surface area contributed by atoms with E-state index in [0.717, 1.165) is 18.4 Å². The van der Waals surface area contributed by atoms with Crippen LogP contribution in [0, 0.1) is 45.8 Å². The summed E-state index contributed by atoms with van der Waals surface area (Å²) in [6.07, 6.45) is 4.07. The molecule has 0 aromatic carbocycles. The highest BCUT2D eigenvalue weighted by Gasteiger charge is 2.91. The first-order valence-electron chi connectivity index (χ1n) is 11.1. The lowest BCUT2D eigenvalue weighted by atomic mass is 9.23. The SMILES string of the molecule is C=C1C2C(=O)[C@]34[C@H]2[C@H]1CC[C@H]3[C@]12C=CC(=O)C(C)(C)[C@H]1[C@H](O)[C@@]4(OC(C)(C)O)OC2. The van der Waals surface area contributed by atoms with Crippen molar-refractivity contribution in [3.8, 4) is 0 Å². The lowest BCUT2D eigenvalue weighted by Gasteiger charge is -2.82. The first-order valence-corrected chi connectivity index (χ1v) is 11.1. The summed E-state index contributed by atoms with van der Waals surface area (Å²) in [6, 6.07) is 0. The highest BCUT2D eigenvalue weighted by Crippen LogP contribution is 2.83. The number of ether oxygens (including phenoxy) is 2. The number of ketones is 2. The Morgan fingerprint density at radius 1 is 1.27 bits per heavy atom. The van der Waals surface area contributed by atoms with Crippen LogP contribution in [-0.2, 0) is 19.1 Å². The van der Waals surface area contributed by atoms with Crippen molar-refractivity contribution < 1.29 is 29.3 Å². The molecule has 0 amide bonds. The smallest absolute Gasteiger partial charge is 0.211 e. The molecule has 1 unspecified atom stereocenters. The summed E-state index contributed by atoms with van der Waals surface area (Å²) < 4.78 is 12.6. The highest BCUT2D eigenvalue weighted by atomic mass is 16.8. The minimum atomic E-state index is -1.66. The van der Waals surface area contributed by atoms with Crippen molar-refractivity contribution in [1.29, 1.82) is 0 Å². The molecule has 7 rings (SSSR count). The van der Waals surface area contributed by atoms with Gasteiger partial charge in [-0.1, -0.05) is 32.1 Å².